The number of hydrogen-bond donors (Lipinski definition) is 2. The van der Waals surface area contributed by atoms with Gasteiger partial charge in [-0.25, -0.2) is 0 Å². The number of carbonyl (C=O) groups is 3. The number of aromatic nitrogens is 1. The number of nitrogens with one attached hydrogen (secondary N) is 2. The Hall–Kier alpha value is -3.65. The van der Waals surface area contributed by atoms with Crippen LogP contribution >= 0.6 is 11.6 Å². The van der Waals surface area contributed by atoms with Gasteiger partial charge in [0.15, 0.2) is 5.82 Å². The van der Waals surface area contributed by atoms with Gasteiger partial charge >= 0.3 is 0 Å². The van der Waals surface area contributed by atoms with Gasteiger partial charge in [0, 0.05) is 40.7 Å². The third-order valence-corrected chi connectivity index (χ3v) is 6.61. The molecule has 1 heterocycles. The van der Waals surface area contributed by atoms with Gasteiger partial charge < -0.3 is 15.2 Å². The molecule has 38 heavy (non-hydrogen) atoms. The Labute approximate surface area is 228 Å². The molecule has 9 heteroatoms. The van der Waals surface area contributed by atoms with Gasteiger partial charge in [-0.3, -0.25) is 19.3 Å². The van der Waals surface area contributed by atoms with Gasteiger partial charge in [-0.15, -0.1) is 0 Å². The van der Waals surface area contributed by atoms with E-state index in [0.717, 1.165) is 11.1 Å². The van der Waals surface area contributed by atoms with Crippen molar-refractivity contribution in [3.63, 3.8) is 0 Å². The molecule has 8 nitrogen and oxygen atoms in total. The minimum absolute atomic E-state index is 0.108. The molecule has 0 aliphatic heterocycles. The molecule has 1 aromatic heterocycles. The van der Waals surface area contributed by atoms with Gasteiger partial charge in [0.05, 0.1) is 0 Å². The normalized spacial score (nSPS) is 12.1. The van der Waals surface area contributed by atoms with Crippen molar-refractivity contribution in [2.45, 2.75) is 72.4 Å². The van der Waals surface area contributed by atoms with Crippen LogP contribution in [-0.4, -0.2) is 28.4 Å². The third-order valence-electron chi connectivity index (χ3n) is 6.27. The smallest absolute Gasteiger partial charge is 0.248 e. The van der Waals surface area contributed by atoms with Crippen molar-refractivity contribution in [2.24, 2.45) is 0 Å². The molecule has 1 atom stereocenters. The molecule has 2 aromatic carbocycles. The van der Waals surface area contributed by atoms with E-state index in [1.807, 2.05) is 52.8 Å². The predicted molar refractivity (Wildman–Crippen MR) is 149 cm³/mol. The summed E-state index contributed by atoms with van der Waals surface area (Å²) in [5.74, 6) is -0.309. The minimum Gasteiger partial charge on any atom is -0.360 e. The van der Waals surface area contributed by atoms with Crippen LogP contribution < -0.4 is 15.5 Å². The SMILES string of the molecule is CCC(C)(C)NC(=O)[C@@H](c1ccccc1Cl)N(C(=O)CCC(=O)Nc1cc(C)on1)c1cc(C)cc(C)c1. The summed E-state index contributed by atoms with van der Waals surface area (Å²) in [6.07, 6.45) is 0.442. The Kier molecular flexibility index (Phi) is 9.33. The zero-order chi connectivity index (χ0) is 28.0. The second-order valence-electron chi connectivity index (χ2n) is 10.1. The van der Waals surface area contributed by atoms with Crippen LogP contribution in [0.3, 0.4) is 0 Å². The van der Waals surface area contributed by atoms with Crippen molar-refractivity contribution in [3.8, 4) is 0 Å². The quantitative estimate of drug-likeness (QED) is 0.327. The molecule has 0 aliphatic carbocycles. The van der Waals surface area contributed by atoms with Crippen LogP contribution in [0.4, 0.5) is 11.5 Å². The number of hydrogen-bond acceptors (Lipinski definition) is 5. The lowest BCUT2D eigenvalue weighted by molar-refractivity contribution is -0.128. The van der Waals surface area contributed by atoms with E-state index in [4.69, 9.17) is 16.1 Å². The third kappa shape index (κ3) is 7.44. The fraction of sp³-hybridized carbons (Fsp3) is 0.379. The van der Waals surface area contributed by atoms with Crippen LogP contribution in [0.15, 0.2) is 53.1 Å². The summed E-state index contributed by atoms with van der Waals surface area (Å²) in [5.41, 5.74) is 2.40. The molecular formula is C29H35ClN4O4. The Bertz CT molecular complexity index is 1300. The zero-order valence-corrected chi connectivity index (χ0v) is 23.5. The summed E-state index contributed by atoms with van der Waals surface area (Å²) in [7, 11) is 0. The maximum atomic E-state index is 13.9. The Morgan fingerprint density at radius 3 is 2.26 bits per heavy atom. The molecule has 0 saturated heterocycles. The highest BCUT2D eigenvalue weighted by Crippen LogP contribution is 2.34. The fourth-order valence-corrected chi connectivity index (χ4v) is 4.32. The average molecular weight is 539 g/mol. The van der Waals surface area contributed by atoms with Gasteiger partial charge in [-0.2, -0.15) is 0 Å². The van der Waals surface area contributed by atoms with E-state index in [0.29, 0.717) is 28.5 Å². The van der Waals surface area contributed by atoms with Crippen molar-refractivity contribution in [2.75, 3.05) is 10.2 Å². The maximum Gasteiger partial charge on any atom is 0.248 e. The van der Waals surface area contributed by atoms with Crippen molar-refractivity contribution in [3.05, 3.63) is 76.0 Å². The monoisotopic (exact) mass is 538 g/mol. The van der Waals surface area contributed by atoms with Gasteiger partial charge in [0.1, 0.15) is 11.8 Å². The van der Waals surface area contributed by atoms with E-state index in [-0.39, 0.29) is 24.6 Å². The molecule has 0 radical (unpaired) electrons. The molecule has 3 rings (SSSR count). The highest BCUT2D eigenvalue weighted by Gasteiger charge is 2.36. The predicted octanol–water partition coefficient (Wildman–Crippen LogP) is 6.05. The number of nitrogens with zero attached hydrogens (tertiary/aromatic N) is 2. The number of halogens is 1. The van der Waals surface area contributed by atoms with E-state index >= 15 is 0 Å². The fourth-order valence-electron chi connectivity index (χ4n) is 4.08. The first-order valence-corrected chi connectivity index (χ1v) is 13.0. The molecule has 2 N–H and O–H groups in total. The lowest BCUT2D eigenvalue weighted by atomic mass is 9.97. The van der Waals surface area contributed by atoms with Crippen LogP contribution in [0.5, 0.6) is 0 Å². The number of rotatable bonds is 10. The molecule has 202 valence electrons. The van der Waals surface area contributed by atoms with E-state index < -0.39 is 23.4 Å². The van der Waals surface area contributed by atoms with Crippen LogP contribution in [0.2, 0.25) is 5.02 Å². The topological polar surface area (TPSA) is 105 Å². The Morgan fingerprint density at radius 1 is 1.03 bits per heavy atom. The summed E-state index contributed by atoms with van der Waals surface area (Å²) in [6, 6.07) is 13.2. The summed E-state index contributed by atoms with van der Waals surface area (Å²) in [4.78, 5) is 41.8. The largest absolute Gasteiger partial charge is 0.360 e. The molecule has 0 spiro atoms. The highest BCUT2D eigenvalue weighted by molar-refractivity contribution is 6.31. The van der Waals surface area contributed by atoms with Gasteiger partial charge in [-0.05, 0) is 70.4 Å². The number of anilines is 2. The second-order valence-corrected chi connectivity index (χ2v) is 10.5. The van der Waals surface area contributed by atoms with Gasteiger partial charge in [0.2, 0.25) is 17.7 Å². The van der Waals surface area contributed by atoms with Crippen molar-refractivity contribution >= 4 is 40.8 Å². The second kappa shape index (κ2) is 12.3. The van der Waals surface area contributed by atoms with E-state index in [9.17, 15) is 14.4 Å². The first kappa shape index (κ1) is 28.9. The first-order chi connectivity index (χ1) is 17.9. The lowest BCUT2D eigenvalue weighted by Gasteiger charge is -2.35. The van der Waals surface area contributed by atoms with Crippen LogP contribution in [0.1, 0.15) is 68.5 Å². The van der Waals surface area contributed by atoms with Crippen molar-refractivity contribution < 1.29 is 18.9 Å². The van der Waals surface area contributed by atoms with Crippen LogP contribution in [-0.2, 0) is 14.4 Å². The molecule has 0 unspecified atom stereocenters. The molecule has 0 fully saturated rings. The molecule has 0 aliphatic rings. The standard InChI is InChI=1S/C29H35ClN4O4/c1-7-29(5,6)32-28(37)27(22-10-8-9-11-23(22)30)34(21-15-18(2)14-19(3)16-21)26(36)13-12-25(35)31-24-17-20(4)38-33-24/h8-11,14-17,27H,7,12-13H2,1-6H3,(H,32,37)(H,31,33,35)/t27-/m1/s1. The number of benzene rings is 2. The highest BCUT2D eigenvalue weighted by atomic mass is 35.5. The minimum atomic E-state index is -1.05. The lowest BCUT2D eigenvalue weighted by Crippen LogP contribution is -2.50. The Morgan fingerprint density at radius 2 is 1.68 bits per heavy atom. The van der Waals surface area contributed by atoms with E-state index in [2.05, 4.69) is 15.8 Å². The molecule has 0 saturated carbocycles. The van der Waals surface area contributed by atoms with E-state index in [1.165, 1.54) is 4.90 Å². The van der Waals surface area contributed by atoms with Crippen LogP contribution in [0.25, 0.3) is 0 Å². The number of amides is 3. The van der Waals surface area contributed by atoms with Crippen LogP contribution in [0, 0.1) is 20.8 Å². The molecular weight excluding hydrogens is 504 g/mol. The summed E-state index contributed by atoms with van der Waals surface area (Å²) >= 11 is 6.59. The molecule has 3 amide bonds. The van der Waals surface area contributed by atoms with Crippen molar-refractivity contribution in [1.82, 2.24) is 10.5 Å². The average Bonchev–Trinajstić information content (AvgIpc) is 3.24. The van der Waals surface area contributed by atoms with Gasteiger partial charge in [-0.1, -0.05) is 47.9 Å². The molecule has 3 aromatic rings. The summed E-state index contributed by atoms with van der Waals surface area (Å²) < 4.78 is 4.98. The van der Waals surface area contributed by atoms with Crippen molar-refractivity contribution in [1.29, 1.82) is 0 Å². The summed E-state index contributed by atoms with van der Waals surface area (Å²) in [6.45, 7) is 11.4. The molecule has 0 bridgehead atoms. The van der Waals surface area contributed by atoms with E-state index in [1.54, 1.807) is 37.3 Å². The Balaban J connectivity index is 2.02. The van der Waals surface area contributed by atoms with Gasteiger partial charge in [0.25, 0.3) is 0 Å². The summed E-state index contributed by atoms with van der Waals surface area (Å²) in [5, 5.41) is 9.83. The maximum absolute atomic E-state index is 13.9. The number of aryl methyl sites for hydroxylation is 3. The zero-order valence-electron chi connectivity index (χ0n) is 22.7. The number of carbonyl (C=O) groups excluding carboxylic acids is 3. The first-order valence-electron chi connectivity index (χ1n) is 12.6.